The van der Waals surface area contributed by atoms with Crippen molar-refractivity contribution in [3.63, 3.8) is 0 Å². The Morgan fingerprint density at radius 2 is 1.87 bits per heavy atom. The van der Waals surface area contributed by atoms with Crippen LogP contribution in [-0.4, -0.2) is 30.6 Å². The quantitative estimate of drug-likeness (QED) is 0.662. The Hall–Kier alpha value is -2.33. The molecule has 2 N–H and O–H groups in total. The highest BCUT2D eigenvalue weighted by molar-refractivity contribution is 7.89. The molecule has 1 saturated carbocycles. The van der Waals surface area contributed by atoms with Gasteiger partial charge in [0.1, 0.15) is 11.6 Å². The fourth-order valence-electron chi connectivity index (χ4n) is 4.40. The Labute approximate surface area is 180 Å². The van der Waals surface area contributed by atoms with Crippen molar-refractivity contribution in [1.82, 2.24) is 9.62 Å². The van der Waals surface area contributed by atoms with Crippen LogP contribution < -0.4 is 5.32 Å². The second kappa shape index (κ2) is 9.65. The zero-order valence-electron chi connectivity index (χ0n) is 17.9. The van der Waals surface area contributed by atoms with E-state index in [-0.39, 0.29) is 22.3 Å². The van der Waals surface area contributed by atoms with E-state index >= 15 is 0 Å². The summed E-state index contributed by atoms with van der Waals surface area (Å²) >= 11 is 0. The zero-order chi connectivity index (χ0) is 21.7. The third-order valence-corrected chi connectivity index (χ3v) is 7.96. The second-order valence-electron chi connectivity index (χ2n) is 8.41. The van der Waals surface area contributed by atoms with Crippen LogP contribution in [0.5, 0.6) is 0 Å². The Kier molecular flexibility index (Phi) is 7.19. The van der Waals surface area contributed by atoms with Gasteiger partial charge in [0.15, 0.2) is 5.84 Å². The fraction of sp³-hybridized carbons (Fsp3) is 0.565. The van der Waals surface area contributed by atoms with Crippen LogP contribution in [0.3, 0.4) is 0 Å². The molecule has 1 heterocycles. The van der Waals surface area contributed by atoms with Crippen molar-refractivity contribution in [3.8, 4) is 6.07 Å². The van der Waals surface area contributed by atoms with Gasteiger partial charge >= 0.3 is 0 Å². The fourth-order valence-corrected chi connectivity index (χ4v) is 6.01. The van der Waals surface area contributed by atoms with Gasteiger partial charge in [0, 0.05) is 18.2 Å². The van der Waals surface area contributed by atoms with Crippen molar-refractivity contribution < 1.29 is 8.42 Å². The topological polar surface area (TPSA) is 97.1 Å². The number of aryl methyl sites for hydroxylation is 1. The molecule has 30 heavy (non-hydrogen) atoms. The number of unbranched alkanes of at least 4 members (excludes halogenated alkanes) is 1. The number of hydrogen-bond donors (Lipinski definition) is 2. The Balaban J connectivity index is 1.98. The SMILES string of the molecule is CCCCC1CC(NC2CCCCC2)=C(C#N)C(=N)N1S(=O)(=O)c1ccc(C)cc1. The lowest BCUT2D eigenvalue weighted by atomic mass is 9.92. The summed E-state index contributed by atoms with van der Waals surface area (Å²) in [6.45, 7) is 3.98. The van der Waals surface area contributed by atoms with Crippen molar-refractivity contribution in [1.29, 1.82) is 10.7 Å². The predicted octanol–water partition coefficient (Wildman–Crippen LogP) is 4.63. The Morgan fingerprint density at radius 3 is 2.47 bits per heavy atom. The molecule has 1 aliphatic heterocycles. The predicted molar refractivity (Wildman–Crippen MR) is 119 cm³/mol. The average molecular weight is 429 g/mol. The number of hydrogen-bond acceptors (Lipinski definition) is 5. The summed E-state index contributed by atoms with van der Waals surface area (Å²) in [6, 6.07) is 8.76. The van der Waals surface area contributed by atoms with Gasteiger partial charge in [-0.2, -0.15) is 5.26 Å². The molecule has 0 saturated heterocycles. The van der Waals surface area contributed by atoms with Crippen LogP contribution in [0.25, 0.3) is 0 Å². The molecule has 1 aromatic carbocycles. The third kappa shape index (κ3) is 4.70. The van der Waals surface area contributed by atoms with E-state index < -0.39 is 10.0 Å². The smallest absolute Gasteiger partial charge is 0.265 e. The molecule has 0 aromatic heterocycles. The van der Waals surface area contributed by atoms with Gasteiger partial charge in [-0.05, 0) is 38.3 Å². The van der Waals surface area contributed by atoms with Crippen LogP contribution in [0.2, 0.25) is 0 Å². The van der Waals surface area contributed by atoms with Crippen molar-refractivity contribution in [3.05, 3.63) is 41.1 Å². The van der Waals surface area contributed by atoms with Crippen molar-refractivity contribution in [2.24, 2.45) is 0 Å². The van der Waals surface area contributed by atoms with E-state index in [4.69, 9.17) is 5.41 Å². The minimum atomic E-state index is -3.91. The molecule has 0 bridgehead atoms. The number of benzene rings is 1. The lowest BCUT2D eigenvalue weighted by Crippen LogP contribution is -2.50. The highest BCUT2D eigenvalue weighted by Crippen LogP contribution is 2.33. The number of amidine groups is 1. The largest absolute Gasteiger partial charge is 0.384 e. The van der Waals surface area contributed by atoms with Gasteiger partial charge in [0.2, 0.25) is 0 Å². The molecule has 1 aliphatic carbocycles. The number of sulfonamides is 1. The van der Waals surface area contributed by atoms with E-state index in [9.17, 15) is 13.7 Å². The van der Waals surface area contributed by atoms with Gasteiger partial charge in [-0.3, -0.25) is 5.41 Å². The van der Waals surface area contributed by atoms with E-state index in [1.807, 2.05) is 6.92 Å². The molecule has 1 atom stereocenters. The van der Waals surface area contributed by atoms with Gasteiger partial charge < -0.3 is 5.32 Å². The van der Waals surface area contributed by atoms with Gasteiger partial charge in [-0.15, -0.1) is 0 Å². The third-order valence-electron chi connectivity index (χ3n) is 6.09. The van der Waals surface area contributed by atoms with Gasteiger partial charge in [0.05, 0.1) is 10.9 Å². The van der Waals surface area contributed by atoms with Crippen LogP contribution in [0, 0.1) is 23.7 Å². The Bertz CT molecular complexity index is 938. The first-order chi connectivity index (χ1) is 14.4. The maximum Gasteiger partial charge on any atom is 0.265 e. The van der Waals surface area contributed by atoms with Crippen LogP contribution in [0.1, 0.15) is 70.3 Å². The van der Waals surface area contributed by atoms with Crippen LogP contribution in [0.4, 0.5) is 0 Å². The highest BCUT2D eigenvalue weighted by Gasteiger charge is 2.40. The molecule has 2 aliphatic rings. The maximum absolute atomic E-state index is 13.5. The van der Waals surface area contributed by atoms with Crippen molar-refractivity contribution in [2.75, 3.05) is 0 Å². The monoisotopic (exact) mass is 428 g/mol. The first-order valence-electron chi connectivity index (χ1n) is 11.0. The van der Waals surface area contributed by atoms with Crippen LogP contribution in [-0.2, 0) is 10.0 Å². The Morgan fingerprint density at radius 1 is 1.20 bits per heavy atom. The summed E-state index contributed by atoms with van der Waals surface area (Å²) in [4.78, 5) is 0.167. The molecule has 1 fully saturated rings. The molecule has 1 aromatic rings. The number of nitrogens with one attached hydrogen (secondary N) is 2. The molecule has 0 radical (unpaired) electrons. The van der Waals surface area contributed by atoms with Crippen molar-refractivity contribution >= 4 is 15.9 Å². The van der Waals surface area contributed by atoms with Gasteiger partial charge in [0.25, 0.3) is 10.0 Å². The summed E-state index contributed by atoms with van der Waals surface area (Å²) in [7, 11) is -3.91. The molecule has 1 unspecified atom stereocenters. The maximum atomic E-state index is 13.5. The number of rotatable bonds is 7. The van der Waals surface area contributed by atoms with E-state index in [0.717, 1.165) is 49.8 Å². The van der Waals surface area contributed by atoms with Crippen molar-refractivity contribution in [2.45, 2.75) is 88.6 Å². The average Bonchev–Trinajstić information content (AvgIpc) is 2.73. The van der Waals surface area contributed by atoms with Gasteiger partial charge in [-0.1, -0.05) is 56.7 Å². The standard InChI is InChI=1S/C23H32N4O2S/c1-3-4-10-19-15-22(26-18-8-6-5-7-9-18)21(16-24)23(25)27(19)30(28,29)20-13-11-17(2)12-14-20/h11-14,18-19,25-26H,3-10,15H2,1-2H3. The summed E-state index contributed by atoms with van der Waals surface area (Å²) in [6.07, 6.45) is 8.61. The van der Waals surface area contributed by atoms with E-state index in [2.05, 4.69) is 18.3 Å². The second-order valence-corrected chi connectivity index (χ2v) is 10.2. The molecule has 0 spiro atoms. The summed E-state index contributed by atoms with van der Waals surface area (Å²) in [5, 5.41) is 22.0. The van der Waals surface area contributed by atoms with E-state index in [1.165, 1.54) is 10.7 Å². The number of nitrogens with zero attached hydrogens (tertiary/aromatic N) is 2. The molecule has 3 rings (SSSR count). The molecule has 7 heteroatoms. The van der Waals surface area contributed by atoms with Crippen LogP contribution in [0.15, 0.2) is 40.4 Å². The normalized spacial score (nSPS) is 20.9. The summed E-state index contributed by atoms with van der Waals surface area (Å²) in [5.74, 6) is -0.205. The molecule has 0 amide bonds. The lowest BCUT2D eigenvalue weighted by Gasteiger charge is -2.39. The molecule has 162 valence electrons. The van der Waals surface area contributed by atoms with E-state index in [0.29, 0.717) is 18.9 Å². The molecular formula is C23H32N4O2S. The summed E-state index contributed by atoms with van der Waals surface area (Å²) < 4.78 is 28.1. The van der Waals surface area contributed by atoms with Gasteiger partial charge in [-0.25, -0.2) is 12.7 Å². The zero-order valence-corrected chi connectivity index (χ0v) is 18.8. The number of nitriles is 1. The first kappa shape index (κ1) is 22.4. The first-order valence-corrected chi connectivity index (χ1v) is 12.4. The lowest BCUT2D eigenvalue weighted by molar-refractivity contribution is 0.350. The van der Waals surface area contributed by atoms with E-state index in [1.54, 1.807) is 24.3 Å². The van der Waals surface area contributed by atoms with Crippen LogP contribution >= 0.6 is 0 Å². The minimum Gasteiger partial charge on any atom is -0.384 e. The molecular weight excluding hydrogens is 396 g/mol. The highest BCUT2D eigenvalue weighted by atomic mass is 32.2. The summed E-state index contributed by atoms with van der Waals surface area (Å²) in [5.41, 5.74) is 1.87. The molecule has 6 nitrogen and oxygen atoms in total. The minimum absolute atomic E-state index is 0.156.